The molecule has 0 radical (unpaired) electrons. The fourth-order valence-electron chi connectivity index (χ4n) is 4.49. The van der Waals surface area contributed by atoms with E-state index < -0.39 is 5.76 Å². The Morgan fingerprint density at radius 2 is 1.62 bits per heavy atom. The molecule has 0 bridgehead atoms. The molecule has 2 heterocycles. The summed E-state index contributed by atoms with van der Waals surface area (Å²) in [5, 5.41) is 8.54. The summed E-state index contributed by atoms with van der Waals surface area (Å²) in [6.45, 7) is 3.16. The minimum Gasteiger partial charge on any atom is -0.455 e. The van der Waals surface area contributed by atoms with E-state index in [0.717, 1.165) is 44.7 Å². The second-order valence-electron chi connectivity index (χ2n) is 8.65. The number of hydrogen-bond donors (Lipinski definition) is 0. The Hall–Kier alpha value is -3.49. The standard InChI is InChI=1S/C29H27F2N3O2S/c30-29(31)37-26-11-8-22(9-12-26)27-13-10-25(36-27)20-33-32-19-24-7-6-23(18-21-4-2-1-3-5-21)28(24)34-14-16-35-17-15-34/h1-5,8-13,18-20,29H,6-7,14-17H2/b23-18-,32-19?,33-20?. The molecule has 37 heavy (non-hydrogen) atoms. The first-order chi connectivity index (χ1) is 18.2. The molecule has 0 atom stereocenters. The van der Waals surface area contributed by atoms with E-state index in [1.807, 2.05) is 24.4 Å². The minimum atomic E-state index is -2.44. The molecule has 1 aromatic heterocycles. The molecular formula is C29H27F2N3O2S. The minimum absolute atomic E-state index is 0.515. The van der Waals surface area contributed by atoms with Gasteiger partial charge in [0.2, 0.25) is 0 Å². The summed E-state index contributed by atoms with van der Waals surface area (Å²) in [5.41, 5.74) is 5.72. The molecule has 1 aliphatic heterocycles. The van der Waals surface area contributed by atoms with Gasteiger partial charge in [0.25, 0.3) is 5.76 Å². The first-order valence-corrected chi connectivity index (χ1v) is 13.1. The van der Waals surface area contributed by atoms with Crippen LogP contribution in [0.4, 0.5) is 8.78 Å². The Balaban J connectivity index is 1.30. The maximum absolute atomic E-state index is 12.5. The lowest BCUT2D eigenvalue weighted by molar-refractivity contribution is 0.0548. The van der Waals surface area contributed by atoms with Gasteiger partial charge in [-0.25, -0.2) is 0 Å². The van der Waals surface area contributed by atoms with Crippen molar-refractivity contribution in [2.24, 2.45) is 10.2 Å². The zero-order valence-corrected chi connectivity index (χ0v) is 21.0. The number of allylic oxidation sites excluding steroid dienone is 2. The summed E-state index contributed by atoms with van der Waals surface area (Å²) in [5.74, 6) is -1.23. The Labute approximate surface area is 219 Å². The molecule has 5 rings (SSSR count). The number of hydrogen-bond acceptors (Lipinski definition) is 6. The average Bonchev–Trinajstić information content (AvgIpc) is 3.55. The summed E-state index contributed by atoms with van der Waals surface area (Å²) in [6.07, 6.45) is 7.55. The molecular weight excluding hydrogens is 492 g/mol. The van der Waals surface area contributed by atoms with Gasteiger partial charge in [0.15, 0.2) is 0 Å². The predicted octanol–water partition coefficient (Wildman–Crippen LogP) is 7.13. The second kappa shape index (κ2) is 12.2. The third-order valence-corrected chi connectivity index (χ3v) is 6.92. The SMILES string of the molecule is FC(F)Sc1ccc(-c2ccc(C=NN=CC3=C(N4CCOCC4)/C(=C\c4ccccc4)CC3)o2)cc1. The van der Waals surface area contributed by atoms with Gasteiger partial charge in [-0.15, -0.1) is 0 Å². The third kappa shape index (κ3) is 6.64. The Morgan fingerprint density at radius 1 is 0.865 bits per heavy atom. The fraction of sp³-hybridized carbons (Fsp3) is 0.241. The smallest absolute Gasteiger partial charge is 0.288 e. The molecule has 8 heteroatoms. The number of ether oxygens (including phenoxy) is 1. The topological polar surface area (TPSA) is 50.3 Å². The molecule has 0 saturated carbocycles. The molecule has 1 saturated heterocycles. The van der Waals surface area contributed by atoms with Crippen molar-refractivity contribution in [2.75, 3.05) is 26.3 Å². The van der Waals surface area contributed by atoms with Crippen LogP contribution < -0.4 is 0 Å². The zero-order valence-electron chi connectivity index (χ0n) is 20.2. The van der Waals surface area contributed by atoms with Crippen molar-refractivity contribution < 1.29 is 17.9 Å². The lowest BCUT2D eigenvalue weighted by Gasteiger charge is -2.31. The van der Waals surface area contributed by atoms with Crippen LogP contribution in [-0.4, -0.2) is 49.4 Å². The van der Waals surface area contributed by atoms with E-state index in [1.165, 1.54) is 22.4 Å². The first-order valence-electron chi connectivity index (χ1n) is 12.2. The van der Waals surface area contributed by atoms with Gasteiger partial charge in [0.1, 0.15) is 11.5 Å². The number of nitrogens with zero attached hydrogens (tertiary/aromatic N) is 3. The Morgan fingerprint density at radius 3 is 2.38 bits per heavy atom. The molecule has 0 N–H and O–H groups in total. The van der Waals surface area contributed by atoms with E-state index >= 15 is 0 Å². The average molecular weight is 520 g/mol. The van der Waals surface area contributed by atoms with Gasteiger partial charge < -0.3 is 14.1 Å². The Kier molecular flexibility index (Phi) is 8.28. The van der Waals surface area contributed by atoms with Crippen LogP contribution in [0.2, 0.25) is 0 Å². The van der Waals surface area contributed by atoms with Crippen molar-refractivity contribution in [1.82, 2.24) is 4.90 Å². The van der Waals surface area contributed by atoms with E-state index in [0.29, 0.717) is 28.2 Å². The van der Waals surface area contributed by atoms with Gasteiger partial charge in [-0.05, 0) is 59.9 Å². The lowest BCUT2D eigenvalue weighted by atomic mass is 10.1. The highest BCUT2D eigenvalue weighted by Crippen LogP contribution is 2.35. The lowest BCUT2D eigenvalue weighted by Crippen LogP contribution is -2.36. The summed E-state index contributed by atoms with van der Waals surface area (Å²) in [4.78, 5) is 2.90. The van der Waals surface area contributed by atoms with Crippen LogP contribution in [0, 0.1) is 0 Å². The molecule has 1 fully saturated rings. The van der Waals surface area contributed by atoms with Crippen molar-refractivity contribution in [1.29, 1.82) is 0 Å². The summed E-state index contributed by atoms with van der Waals surface area (Å²) in [6, 6.07) is 20.9. The van der Waals surface area contributed by atoms with Gasteiger partial charge in [-0.2, -0.15) is 19.0 Å². The van der Waals surface area contributed by atoms with Crippen LogP contribution in [-0.2, 0) is 4.74 Å². The maximum atomic E-state index is 12.5. The van der Waals surface area contributed by atoms with Crippen molar-refractivity contribution in [3.63, 3.8) is 0 Å². The van der Waals surface area contributed by atoms with Gasteiger partial charge in [0, 0.05) is 29.2 Å². The molecule has 0 spiro atoms. The predicted molar refractivity (Wildman–Crippen MR) is 145 cm³/mol. The normalized spacial score (nSPS) is 17.8. The van der Waals surface area contributed by atoms with E-state index in [4.69, 9.17) is 9.15 Å². The molecule has 0 unspecified atom stereocenters. The number of halogens is 2. The largest absolute Gasteiger partial charge is 0.455 e. The fourth-order valence-corrected chi connectivity index (χ4v) is 4.99. The molecule has 2 aromatic carbocycles. The van der Waals surface area contributed by atoms with Crippen LogP contribution in [0.5, 0.6) is 0 Å². The highest BCUT2D eigenvalue weighted by Gasteiger charge is 2.25. The third-order valence-electron chi connectivity index (χ3n) is 6.20. The number of morpholine rings is 1. The van der Waals surface area contributed by atoms with Crippen LogP contribution in [0.1, 0.15) is 24.2 Å². The van der Waals surface area contributed by atoms with Crippen molar-refractivity contribution in [3.8, 4) is 11.3 Å². The first kappa shape index (κ1) is 25.2. The number of alkyl halides is 2. The van der Waals surface area contributed by atoms with Crippen molar-refractivity contribution in [2.45, 2.75) is 23.5 Å². The van der Waals surface area contributed by atoms with Gasteiger partial charge in [0.05, 0.1) is 25.6 Å². The number of rotatable bonds is 8. The molecule has 190 valence electrons. The van der Waals surface area contributed by atoms with Crippen molar-refractivity contribution >= 4 is 30.3 Å². The van der Waals surface area contributed by atoms with E-state index in [2.05, 4.69) is 45.4 Å². The summed E-state index contributed by atoms with van der Waals surface area (Å²) < 4.78 is 36.5. The van der Waals surface area contributed by atoms with Crippen LogP contribution >= 0.6 is 11.8 Å². The molecule has 2 aliphatic rings. The zero-order chi connectivity index (χ0) is 25.5. The molecule has 5 nitrogen and oxygen atoms in total. The molecule has 1 aliphatic carbocycles. The van der Waals surface area contributed by atoms with Gasteiger partial charge >= 0.3 is 0 Å². The summed E-state index contributed by atoms with van der Waals surface area (Å²) in [7, 11) is 0. The van der Waals surface area contributed by atoms with Crippen LogP contribution in [0.15, 0.2) is 103 Å². The molecule has 0 amide bonds. The van der Waals surface area contributed by atoms with Crippen LogP contribution in [0.25, 0.3) is 17.4 Å². The number of benzene rings is 2. The van der Waals surface area contributed by atoms with Crippen molar-refractivity contribution in [3.05, 3.63) is 94.9 Å². The van der Waals surface area contributed by atoms with E-state index in [1.54, 1.807) is 30.5 Å². The maximum Gasteiger partial charge on any atom is 0.288 e. The monoisotopic (exact) mass is 519 g/mol. The number of furan rings is 1. The highest BCUT2D eigenvalue weighted by atomic mass is 32.2. The van der Waals surface area contributed by atoms with Crippen LogP contribution in [0.3, 0.4) is 0 Å². The quantitative estimate of drug-likeness (QED) is 0.180. The Bertz CT molecular complexity index is 1310. The summed E-state index contributed by atoms with van der Waals surface area (Å²) >= 11 is 0.523. The molecule has 3 aromatic rings. The van der Waals surface area contributed by atoms with E-state index in [9.17, 15) is 8.78 Å². The van der Waals surface area contributed by atoms with Gasteiger partial charge in [-0.1, -0.05) is 54.2 Å². The van der Waals surface area contributed by atoms with Gasteiger partial charge in [-0.3, -0.25) is 0 Å². The second-order valence-corrected chi connectivity index (χ2v) is 9.71. The highest BCUT2D eigenvalue weighted by molar-refractivity contribution is 7.99. The number of thioether (sulfide) groups is 1. The van der Waals surface area contributed by atoms with E-state index in [-0.39, 0.29) is 0 Å².